The molecule has 1 rings (SSSR count). The second kappa shape index (κ2) is 7.39. The Morgan fingerprint density at radius 3 is 2.20 bits per heavy atom. The van der Waals surface area contributed by atoms with Crippen molar-refractivity contribution < 1.29 is 18.8 Å². The number of ether oxygens (including phenoxy) is 1. The van der Waals surface area contributed by atoms with Gasteiger partial charge in [-0.1, -0.05) is 34.1 Å². The van der Waals surface area contributed by atoms with Gasteiger partial charge in [-0.05, 0) is 45.3 Å². The number of amides is 1. The van der Waals surface area contributed by atoms with Crippen molar-refractivity contribution in [2.24, 2.45) is 0 Å². The zero-order chi connectivity index (χ0) is 19.7. The van der Waals surface area contributed by atoms with Gasteiger partial charge in [0.1, 0.15) is 17.4 Å². The first-order valence-corrected chi connectivity index (χ1v) is 12.2. The number of rotatable bonds is 5. The third-order valence-electron chi connectivity index (χ3n) is 5.29. The Hall–Kier alpha value is -0.883. The van der Waals surface area contributed by atoms with Crippen molar-refractivity contribution in [3.63, 3.8) is 0 Å². The minimum Gasteiger partial charge on any atom is -0.444 e. The molecular formula is C19H37NO4Si. The van der Waals surface area contributed by atoms with Gasteiger partial charge in [0, 0.05) is 6.42 Å². The van der Waals surface area contributed by atoms with Gasteiger partial charge in [-0.2, -0.15) is 0 Å². The van der Waals surface area contributed by atoms with Crippen molar-refractivity contribution in [3.05, 3.63) is 0 Å². The van der Waals surface area contributed by atoms with E-state index in [0.717, 1.165) is 12.7 Å². The first-order chi connectivity index (χ1) is 11.2. The standard InChI is InChI=1S/C19H37NO4Si/c1-10-11-19(14-21)12-15(24-25(8,9)18(5,6)7)13-20(19)16(22)23-17(2,3)4/h14-15H,10-13H2,1-9H3/t15-,19?/m1/s1. The highest BCUT2D eigenvalue weighted by atomic mass is 28.4. The van der Waals surface area contributed by atoms with Crippen molar-refractivity contribution in [3.8, 4) is 0 Å². The van der Waals surface area contributed by atoms with E-state index in [9.17, 15) is 9.59 Å². The molecule has 0 N–H and O–H groups in total. The molecule has 1 fully saturated rings. The van der Waals surface area contributed by atoms with E-state index < -0.39 is 25.6 Å². The van der Waals surface area contributed by atoms with Crippen LogP contribution in [0.3, 0.4) is 0 Å². The molecule has 0 radical (unpaired) electrons. The van der Waals surface area contributed by atoms with Crippen LogP contribution in [0.5, 0.6) is 0 Å². The average molecular weight is 372 g/mol. The van der Waals surface area contributed by atoms with Gasteiger partial charge in [-0.25, -0.2) is 4.79 Å². The second-order valence-corrected chi connectivity index (χ2v) is 14.5. The lowest BCUT2D eigenvalue weighted by Gasteiger charge is -2.38. The molecule has 0 aromatic rings. The van der Waals surface area contributed by atoms with Gasteiger partial charge < -0.3 is 14.0 Å². The third-order valence-corrected chi connectivity index (χ3v) is 9.82. The minimum absolute atomic E-state index is 0.0843. The number of hydrogen-bond acceptors (Lipinski definition) is 4. The van der Waals surface area contributed by atoms with E-state index in [1.165, 1.54) is 0 Å². The Labute approximate surface area is 154 Å². The summed E-state index contributed by atoms with van der Waals surface area (Å²) < 4.78 is 12.1. The lowest BCUT2D eigenvalue weighted by atomic mass is 9.92. The fourth-order valence-electron chi connectivity index (χ4n) is 3.04. The average Bonchev–Trinajstić information content (AvgIpc) is 2.74. The molecule has 25 heavy (non-hydrogen) atoms. The maximum absolute atomic E-state index is 12.7. The molecule has 1 amide bonds. The maximum Gasteiger partial charge on any atom is 0.411 e. The molecule has 0 saturated carbocycles. The summed E-state index contributed by atoms with van der Waals surface area (Å²) in [6.07, 6.45) is 2.39. The Morgan fingerprint density at radius 1 is 1.24 bits per heavy atom. The van der Waals surface area contributed by atoms with Crippen LogP contribution in [0.1, 0.15) is 67.7 Å². The van der Waals surface area contributed by atoms with Gasteiger partial charge in [-0.15, -0.1) is 0 Å². The maximum atomic E-state index is 12.7. The Balaban J connectivity index is 3.06. The fraction of sp³-hybridized carbons (Fsp3) is 0.895. The summed E-state index contributed by atoms with van der Waals surface area (Å²) in [5, 5.41) is 0.0843. The Kier molecular flexibility index (Phi) is 6.55. The minimum atomic E-state index is -1.97. The lowest BCUT2D eigenvalue weighted by Crippen LogP contribution is -2.50. The van der Waals surface area contributed by atoms with Crippen LogP contribution >= 0.6 is 0 Å². The number of hydrogen-bond donors (Lipinski definition) is 0. The zero-order valence-corrected chi connectivity index (χ0v) is 18.6. The molecule has 0 aromatic carbocycles. The molecule has 0 bridgehead atoms. The van der Waals surface area contributed by atoms with Gasteiger partial charge in [-0.3, -0.25) is 4.90 Å². The summed E-state index contributed by atoms with van der Waals surface area (Å²) in [5.74, 6) is 0. The molecule has 2 atom stereocenters. The molecule has 0 aromatic heterocycles. The van der Waals surface area contributed by atoms with Crippen molar-refractivity contribution in [1.82, 2.24) is 4.90 Å². The molecular weight excluding hydrogens is 334 g/mol. The normalized spacial score (nSPS) is 25.2. The molecule has 1 aliphatic rings. The third kappa shape index (κ3) is 5.30. The van der Waals surface area contributed by atoms with E-state index in [1.807, 2.05) is 27.7 Å². The number of likely N-dealkylation sites (tertiary alicyclic amines) is 1. The summed E-state index contributed by atoms with van der Waals surface area (Å²) in [5.41, 5.74) is -1.40. The Morgan fingerprint density at radius 2 is 1.80 bits per heavy atom. The number of carbonyl (C=O) groups excluding carboxylic acids is 2. The van der Waals surface area contributed by atoms with E-state index in [-0.39, 0.29) is 11.1 Å². The van der Waals surface area contributed by atoms with Gasteiger partial charge in [0.05, 0.1) is 12.6 Å². The van der Waals surface area contributed by atoms with Crippen LogP contribution < -0.4 is 0 Å². The van der Waals surface area contributed by atoms with Gasteiger partial charge in [0.25, 0.3) is 0 Å². The van der Waals surface area contributed by atoms with E-state index >= 15 is 0 Å². The van der Waals surface area contributed by atoms with Crippen LogP contribution in [0.2, 0.25) is 18.1 Å². The summed E-state index contributed by atoms with van der Waals surface area (Å²) in [6, 6.07) is 0. The molecule has 1 unspecified atom stereocenters. The van der Waals surface area contributed by atoms with Crippen LogP contribution in [0.15, 0.2) is 0 Å². The van der Waals surface area contributed by atoms with Crippen LogP contribution in [-0.4, -0.2) is 49.4 Å². The van der Waals surface area contributed by atoms with Crippen LogP contribution in [0, 0.1) is 0 Å². The number of aldehydes is 1. The molecule has 6 heteroatoms. The van der Waals surface area contributed by atoms with Gasteiger partial charge >= 0.3 is 6.09 Å². The first-order valence-electron chi connectivity index (χ1n) is 9.32. The SMILES string of the molecule is CCCC1(C=O)C[C@@H](O[Si](C)(C)C(C)(C)C)CN1C(=O)OC(C)(C)C. The van der Waals surface area contributed by atoms with Crippen molar-refractivity contribution in [2.45, 2.75) is 103 Å². The lowest BCUT2D eigenvalue weighted by molar-refractivity contribution is -0.117. The van der Waals surface area contributed by atoms with Crippen molar-refractivity contribution in [1.29, 1.82) is 0 Å². The van der Waals surface area contributed by atoms with Crippen LogP contribution in [0.4, 0.5) is 4.79 Å². The topological polar surface area (TPSA) is 55.8 Å². The molecule has 0 aliphatic carbocycles. The molecule has 1 heterocycles. The summed E-state index contributed by atoms with van der Waals surface area (Å²) in [4.78, 5) is 26.3. The van der Waals surface area contributed by atoms with Gasteiger partial charge in [0.2, 0.25) is 0 Å². The van der Waals surface area contributed by atoms with Crippen molar-refractivity contribution in [2.75, 3.05) is 6.54 Å². The highest BCUT2D eigenvalue weighted by Crippen LogP contribution is 2.41. The van der Waals surface area contributed by atoms with E-state index in [2.05, 4.69) is 33.9 Å². The predicted molar refractivity (Wildman–Crippen MR) is 103 cm³/mol. The largest absolute Gasteiger partial charge is 0.444 e. The quantitative estimate of drug-likeness (QED) is 0.517. The highest BCUT2D eigenvalue weighted by Gasteiger charge is 2.51. The Bertz CT molecular complexity index is 493. The van der Waals surface area contributed by atoms with E-state index in [1.54, 1.807) is 4.90 Å². The summed E-state index contributed by atoms with van der Waals surface area (Å²) in [6.45, 7) is 18.9. The molecule has 5 nitrogen and oxygen atoms in total. The molecule has 1 aliphatic heterocycles. The second-order valence-electron chi connectivity index (χ2n) is 9.77. The predicted octanol–water partition coefficient (Wildman–Crippen LogP) is 4.76. The van der Waals surface area contributed by atoms with Crippen LogP contribution in [-0.2, 0) is 14.0 Å². The summed E-state index contributed by atoms with van der Waals surface area (Å²) in [7, 11) is -1.97. The molecule has 146 valence electrons. The smallest absolute Gasteiger partial charge is 0.411 e. The molecule has 1 saturated heterocycles. The van der Waals surface area contributed by atoms with E-state index in [0.29, 0.717) is 19.4 Å². The first kappa shape index (κ1) is 22.2. The highest BCUT2D eigenvalue weighted by molar-refractivity contribution is 6.74. The van der Waals surface area contributed by atoms with Crippen molar-refractivity contribution >= 4 is 20.7 Å². The van der Waals surface area contributed by atoms with Gasteiger partial charge in [0.15, 0.2) is 8.32 Å². The zero-order valence-electron chi connectivity index (χ0n) is 17.6. The molecule has 0 spiro atoms. The number of nitrogens with zero attached hydrogens (tertiary/aromatic N) is 1. The number of carbonyl (C=O) groups is 2. The van der Waals surface area contributed by atoms with E-state index in [4.69, 9.17) is 9.16 Å². The summed E-state index contributed by atoms with van der Waals surface area (Å²) >= 11 is 0. The fourth-order valence-corrected chi connectivity index (χ4v) is 4.39. The monoisotopic (exact) mass is 371 g/mol. The van der Waals surface area contributed by atoms with Crippen LogP contribution in [0.25, 0.3) is 0 Å².